The van der Waals surface area contributed by atoms with Crippen molar-refractivity contribution in [2.45, 2.75) is 25.3 Å². The molecular weight excluding hydrogens is 378 g/mol. The largest absolute Gasteiger partial charge is 0.480 e. The van der Waals surface area contributed by atoms with Gasteiger partial charge < -0.3 is 20.1 Å². The maximum atomic E-state index is 12.8. The molecule has 1 atom stereocenters. The number of hydrogen-bond acceptors (Lipinski definition) is 7. The molecule has 3 aliphatic rings. The summed E-state index contributed by atoms with van der Waals surface area (Å²) >= 11 is 0. The number of carboxylic acids is 1. The van der Waals surface area contributed by atoms with Crippen LogP contribution in [0.15, 0.2) is 23.5 Å². The normalized spacial score (nSPS) is 23.2. The first-order chi connectivity index (χ1) is 14.0. The molecule has 3 aliphatic heterocycles. The molecule has 0 radical (unpaired) electrons. The number of allylic oxidation sites excluding steroid dienone is 2. The molecule has 29 heavy (non-hydrogen) atoms. The summed E-state index contributed by atoms with van der Waals surface area (Å²) in [6.45, 7) is 3.27. The van der Waals surface area contributed by atoms with Crippen LogP contribution in [0.2, 0.25) is 0 Å². The highest BCUT2D eigenvalue weighted by atomic mass is 16.5. The first-order valence-electron chi connectivity index (χ1n) is 9.95. The molecule has 160 valence electrons. The van der Waals surface area contributed by atoms with Crippen molar-refractivity contribution in [3.8, 4) is 0 Å². The summed E-state index contributed by atoms with van der Waals surface area (Å²) in [4.78, 5) is 39.8. The first kappa shape index (κ1) is 21.3. The number of amides is 2. The van der Waals surface area contributed by atoms with Crippen molar-refractivity contribution in [3.05, 3.63) is 23.5 Å². The SMILES string of the molecule is COCC1CCCN1NC(=O)C1=CCC=C(C(=O)N2CCN(CC(=O)O)CC2)N1. The number of hydrogen-bond donors (Lipinski definition) is 3. The third-order valence-electron chi connectivity index (χ3n) is 5.39. The van der Waals surface area contributed by atoms with Gasteiger partial charge in [-0.2, -0.15) is 0 Å². The first-order valence-corrected chi connectivity index (χ1v) is 9.95. The van der Waals surface area contributed by atoms with Crippen molar-refractivity contribution in [2.24, 2.45) is 0 Å². The zero-order valence-corrected chi connectivity index (χ0v) is 16.7. The molecule has 1 unspecified atom stereocenters. The zero-order valence-electron chi connectivity index (χ0n) is 16.7. The van der Waals surface area contributed by atoms with Crippen molar-refractivity contribution in [1.29, 1.82) is 0 Å². The predicted octanol–water partition coefficient (Wildman–Crippen LogP) is -0.882. The Balaban J connectivity index is 1.50. The van der Waals surface area contributed by atoms with E-state index >= 15 is 0 Å². The lowest BCUT2D eigenvalue weighted by Gasteiger charge is -2.34. The lowest BCUT2D eigenvalue weighted by Crippen LogP contribution is -2.52. The molecule has 0 bridgehead atoms. The van der Waals surface area contributed by atoms with Gasteiger partial charge in [-0.25, -0.2) is 5.01 Å². The van der Waals surface area contributed by atoms with E-state index in [1.54, 1.807) is 29.1 Å². The molecule has 0 aromatic rings. The lowest BCUT2D eigenvalue weighted by atomic mass is 10.1. The van der Waals surface area contributed by atoms with Crippen molar-refractivity contribution >= 4 is 17.8 Å². The zero-order chi connectivity index (χ0) is 20.8. The fourth-order valence-electron chi connectivity index (χ4n) is 3.84. The van der Waals surface area contributed by atoms with Gasteiger partial charge in [0.05, 0.1) is 19.2 Å². The summed E-state index contributed by atoms with van der Waals surface area (Å²) in [7, 11) is 1.65. The van der Waals surface area contributed by atoms with Gasteiger partial charge in [0.1, 0.15) is 11.4 Å². The molecule has 10 heteroatoms. The number of methoxy groups -OCH3 is 1. The lowest BCUT2D eigenvalue weighted by molar-refractivity contribution is -0.139. The molecule has 0 saturated carbocycles. The number of carbonyl (C=O) groups excluding carboxylic acids is 2. The summed E-state index contributed by atoms with van der Waals surface area (Å²) in [6, 6.07) is 0.159. The van der Waals surface area contributed by atoms with E-state index in [0.29, 0.717) is 50.6 Å². The third kappa shape index (κ3) is 5.55. The molecule has 3 rings (SSSR count). The van der Waals surface area contributed by atoms with Crippen LogP contribution in [0, 0.1) is 0 Å². The number of rotatable bonds is 7. The van der Waals surface area contributed by atoms with Crippen LogP contribution < -0.4 is 10.7 Å². The van der Waals surface area contributed by atoms with E-state index in [9.17, 15) is 14.4 Å². The Morgan fingerprint density at radius 3 is 2.59 bits per heavy atom. The Labute approximate surface area is 170 Å². The number of aliphatic carboxylic acids is 1. The number of ether oxygens (including phenoxy) is 1. The molecule has 2 amide bonds. The second-order valence-electron chi connectivity index (χ2n) is 7.44. The summed E-state index contributed by atoms with van der Waals surface area (Å²) in [5.74, 6) is -1.30. The topological polar surface area (TPSA) is 114 Å². The fraction of sp³-hybridized carbons (Fsp3) is 0.632. The van der Waals surface area contributed by atoms with Crippen LogP contribution in [0.3, 0.4) is 0 Å². The highest BCUT2D eigenvalue weighted by Gasteiger charge is 2.29. The monoisotopic (exact) mass is 407 g/mol. The van der Waals surface area contributed by atoms with E-state index in [0.717, 1.165) is 19.4 Å². The molecule has 3 N–H and O–H groups in total. The Morgan fingerprint density at radius 1 is 1.17 bits per heavy atom. The predicted molar refractivity (Wildman–Crippen MR) is 104 cm³/mol. The van der Waals surface area contributed by atoms with E-state index in [4.69, 9.17) is 9.84 Å². The summed E-state index contributed by atoms with van der Waals surface area (Å²) in [5, 5.41) is 13.7. The van der Waals surface area contributed by atoms with Crippen molar-refractivity contribution in [2.75, 3.05) is 53.0 Å². The molecular formula is C19H29N5O5. The Bertz CT molecular complexity index is 699. The molecule has 0 aromatic carbocycles. The van der Waals surface area contributed by atoms with Gasteiger partial charge in [-0.15, -0.1) is 0 Å². The number of carbonyl (C=O) groups is 3. The number of piperazine rings is 1. The number of hydrazine groups is 1. The summed E-state index contributed by atoms with van der Waals surface area (Å²) < 4.78 is 5.21. The van der Waals surface area contributed by atoms with Gasteiger partial charge in [0.2, 0.25) is 0 Å². The molecule has 0 aliphatic carbocycles. The van der Waals surface area contributed by atoms with Crippen molar-refractivity contribution in [1.82, 2.24) is 25.6 Å². The third-order valence-corrected chi connectivity index (χ3v) is 5.39. The van der Waals surface area contributed by atoms with Crippen LogP contribution in [0.5, 0.6) is 0 Å². The van der Waals surface area contributed by atoms with E-state index in [1.165, 1.54) is 0 Å². The maximum Gasteiger partial charge on any atom is 0.317 e. The summed E-state index contributed by atoms with van der Waals surface area (Å²) in [6.07, 6.45) is 6.00. The Morgan fingerprint density at radius 2 is 1.90 bits per heavy atom. The Hall–Kier alpha value is -2.43. The minimum Gasteiger partial charge on any atom is -0.480 e. The number of nitrogens with zero attached hydrogens (tertiary/aromatic N) is 3. The van der Waals surface area contributed by atoms with E-state index in [-0.39, 0.29) is 24.4 Å². The average molecular weight is 407 g/mol. The van der Waals surface area contributed by atoms with Gasteiger partial charge in [0.25, 0.3) is 11.8 Å². The van der Waals surface area contributed by atoms with E-state index < -0.39 is 5.97 Å². The van der Waals surface area contributed by atoms with Crippen LogP contribution in [0.4, 0.5) is 0 Å². The molecule has 2 fully saturated rings. The number of carboxylic acid groups (broad SMARTS) is 1. The summed E-state index contributed by atoms with van der Waals surface area (Å²) in [5.41, 5.74) is 3.67. The minimum atomic E-state index is -0.868. The highest BCUT2D eigenvalue weighted by Crippen LogP contribution is 2.16. The van der Waals surface area contributed by atoms with Gasteiger partial charge >= 0.3 is 5.97 Å². The van der Waals surface area contributed by atoms with Crippen LogP contribution in [0.1, 0.15) is 19.3 Å². The average Bonchev–Trinajstić information content (AvgIpc) is 3.14. The van der Waals surface area contributed by atoms with Gasteiger partial charge in [-0.05, 0) is 19.3 Å². The van der Waals surface area contributed by atoms with E-state index in [1.807, 2.05) is 5.01 Å². The van der Waals surface area contributed by atoms with E-state index in [2.05, 4.69) is 10.7 Å². The fourth-order valence-corrected chi connectivity index (χ4v) is 3.84. The minimum absolute atomic E-state index is 0.0173. The molecule has 2 saturated heterocycles. The smallest absolute Gasteiger partial charge is 0.317 e. The van der Waals surface area contributed by atoms with Crippen molar-refractivity contribution in [3.63, 3.8) is 0 Å². The van der Waals surface area contributed by atoms with Crippen LogP contribution >= 0.6 is 0 Å². The van der Waals surface area contributed by atoms with Gasteiger partial charge in [-0.3, -0.25) is 24.7 Å². The van der Waals surface area contributed by atoms with Gasteiger partial charge in [0, 0.05) is 39.8 Å². The Kier molecular flexibility index (Phi) is 7.24. The maximum absolute atomic E-state index is 12.8. The quantitative estimate of drug-likeness (QED) is 0.499. The van der Waals surface area contributed by atoms with Crippen LogP contribution in [0.25, 0.3) is 0 Å². The molecule has 10 nitrogen and oxygen atoms in total. The second-order valence-corrected chi connectivity index (χ2v) is 7.44. The molecule has 0 aromatic heterocycles. The van der Waals surface area contributed by atoms with Crippen LogP contribution in [-0.4, -0.2) is 96.7 Å². The number of nitrogens with one attached hydrogen (secondary N) is 2. The second kappa shape index (κ2) is 9.86. The molecule has 3 heterocycles. The molecule has 0 spiro atoms. The standard InChI is InChI=1S/C19H29N5O5/c1-29-13-14-4-3-7-24(14)21-18(27)15-5-2-6-16(20-15)19(28)23-10-8-22(9-11-23)12-17(25)26/h5-6,14,20H,2-4,7-13H2,1H3,(H,21,27)(H,25,26). The van der Waals surface area contributed by atoms with Crippen LogP contribution in [-0.2, 0) is 19.1 Å². The highest BCUT2D eigenvalue weighted by molar-refractivity contribution is 5.98. The van der Waals surface area contributed by atoms with Gasteiger partial charge in [-0.1, -0.05) is 12.2 Å². The van der Waals surface area contributed by atoms with Crippen molar-refractivity contribution < 1.29 is 24.2 Å². The number of dihydropyridines is 1. The van der Waals surface area contributed by atoms with Gasteiger partial charge in [0.15, 0.2) is 0 Å².